The standard InChI is InChI=1S/C27H30O15/c1-8-17(31)20(34)22(36)26(38-8)40-11-6-14(30)16-15(7-11)41-24(10-3-4-12(28)13(29)5-10)25(19(16)33)42-27-23(37)21(35)18(32)9(2)39-27/h3-9,17-18,20-23,26-32,34-37H,1-2H3/t8-,9-,17-,18-,20-,21+,22+,23-,26-,27-/m0/s1. The summed E-state index contributed by atoms with van der Waals surface area (Å²) < 4.78 is 28.0. The summed E-state index contributed by atoms with van der Waals surface area (Å²) in [5.74, 6) is -2.89. The number of phenols is 3. The van der Waals surface area contributed by atoms with Crippen LogP contribution < -0.4 is 14.9 Å². The van der Waals surface area contributed by atoms with E-state index in [0.717, 1.165) is 24.3 Å². The molecule has 1 aromatic heterocycles. The molecule has 3 aromatic rings. The minimum atomic E-state index is -1.81. The Bertz CT molecular complexity index is 1520. The minimum Gasteiger partial charge on any atom is -0.507 e. The highest BCUT2D eigenvalue weighted by atomic mass is 16.7. The molecule has 2 fully saturated rings. The lowest BCUT2D eigenvalue weighted by Crippen LogP contribution is -2.58. The van der Waals surface area contributed by atoms with Crippen LogP contribution in [0, 0.1) is 0 Å². The Morgan fingerprint density at radius 1 is 0.667 bits per heavy atom. The molecule has 3 heterocycles. The number of hydrogen-bond acceptors (Lipinski definition) is 15. The van der Waals surface area contributed by atoms with Crippen LogP contribution in [0.2, 0.25) is 0 Å². The van der Waals surface area contributed by atoms with Crippen molar-refractivity contribution in [2.45, 2.75) is 75.3 Å². The van der Waals surface area contributed by atoms with Crippen LogP contribution in [0.3, 0.4) is 0 Å². The molecule has 10 atom stereocenters. The Kier molecular flexibility index (Phi) is 7.95. The molecule has 0 unspecified atom stereocenters. The molecule has 15 heteroatoms. The van der Waals surface area contributed by atoms with E-state index >= 15 is 0 Å². The van der Waals surface area contributed by atoms with Crippen molar-refractivity contribution in [3.63, 3.8) is 0 Å². The van der Waals surface area contributed by atoms with Gasteiger partial charge in [-0.2, -0.15) is 0 Å². The van der Waals surface area contributed by atoms with Gasteiger partial charge >= 0.3 is 0 Å². The number of aromatic hydroxyl groups is 3. The summed E-state index contributed by atoms with van der Waals surface area (Å²) in [6, 6.07) is 5.59. The van der Waals surface area contributed by atoms with Crippen molar-refractivity contribution in [3.05, 3.63) is 40.6 Å². The molecule has 0 aliphatic carbocycles. The Morgan fingerprint density at radius 2 is 1.24 bits per heavy atom. The third-order valence-corrected chi connectivity index (χ3v) is 7.25. The van der Waals surface area contributed by atoms with Crippen molar-refractivity contribution in [2.75, 3.05) is 0 Å². The van der Waals surface area contributed by atoms with Gasteiger partial charge in [0, 0.05) is 17.7 Å². The monoisotopic (exact) mass is 594 g/mol. The van der Waals surface area contributed by atoms with E-state index in [1.165, 1.54) is 19.9 Å². The third kappa shape index (κ3) is 5.21. The van der Waals surface area contributed by atoms with Crippen molar-refractivity contribution < 1.29 is 69.3 Å². The van der Waals surface area contributed by atoms with E-state index < -0.39 is 95.2 Å². The Hall–Kier alpha value is -3.67. The van der Waals surface area contributed by atoms with E-state index in [9.17, 15) is 50.8 Å². The molecule has 42 heavy (non-hydrogen) atoms. The number of benzene rings is 2. The first-order chi connectivity index (χ1) is 19.8. The van der Waals surface area contributed by atoms with Crippen molar-refractivity contribution in [3.8, 4) is 40.1 Å². The van der Waals surface area contributed by atoms with E-state index in [0.29, 0.717) is 0 Å². The molecule has 228 valence electrons. The van der Waals surface area contributed by atoms with Gasteiger partial charge in [0.15, 0.2) is 17.3 Å². The van der Waals surface area contributed by atoms with Gasteiger partial charge in [0.1, 0.15) is 59.1 Å². The molecule has 2 saturated heterocycles. The zero-order chi connectivity index (χ0) is 30.6. The summed E-state index contributed by atoms with van der Waals surface area (Å²) in [6.07, 6.45) is -14.7. The molecule has 0 saturated carbocycles. The largest absolute Gasteiger partial charge is 0.507 e. The quantitative estimate of drug-likeness (QED) is 0.161. The van der Waals surface area contributed by atoms with Crippen molar-refractivity contribution in [1.82, 2.24) is 0 Å². The molecule has 0 amide bonds. The summed E-state index contributed by atoms with van der Waals surface area (Å²) in [4.78, 5) is 13.7. The van der Waals surface area contributed by atoms with Gasteiger partial charge in [-0.15, -0.1) is 0 Å². The number of hydrogen-bond donors (Lipinski definition) is 9. The second-order valence-electron chi connectivity index (χ2n) is 10.2. The maximum Gasteiger partial charge on any atom is 0.239 e. The highest BCUT2D eigenvalue weighted by Crippen LogP contribution is 2.40. The van der Waals surface area contributed by atoms with Crippen LogP contribution in [0.15, 0.2) is 39.5 Å². The lowest BCUT2D eigenvalue weighted by atomic mass is 10.00. The number of ether oxygens (including phenoxy) is 4. The van der Waals surface area contributed by atoms with Crippen LogP contribution in [0.5, 0.6) is 28.7 Å². The topological polar surface area (TPSA) is 249 Å². The van der Waals surface area contributed by atoms with Gasteiger partial charge in [0.2, 0.25) is 23.8 Å². The normalized spacial score (nSPS) is 33.4. The summed E-state index contributed by atoms with van der Waals surface area (Å²) in [5, 5.41) is 91.2. The summed E-state index contributed by atoms with van der Waals surface area (Å²) in [6.45, 7) is 2.85. The average Bonchev–Trinajstić information content (AvgIpc) is 2.94. The maximum absolute atomic E-state index is 13.7. The van der Waals surface area contributed by atoms with E-state index in [2.05, 4.69) is 0 Å². The predicted molar refractivity (Wildman–Crippen MR) is 139 cm³/mol. The van der Waals surface area contributed by atoms with E-state index in [4.69, 9.17) is 23.4 Å². The highest BCUT2D eigenvalue weighted by Gasteiger charge is 2.45. The van der Waals surface area contributed by atoms with E-state index in [1.54, 1.807) is 0 Å². The predicted octanol–water partition coefficient (Wildman–Crippen LogP) is -1.01. The van der Waals surface area contributed by atoms with E-state index in [-0.39, 0.29) is 22.7 Å². The first-order valence-electron chi connectivity index (χ1n) is 12.9. The third-order valence-electron chi connectivity index (χ3n) is 7.25. The van der Waals surface area contributed by atoms with E-state index in [1.807, 2.05) is 0 Å². The molecule has 2 aliphatic heterocycles. The number of fused-ring (bicyclic) bond motifs is 1. The molecule has 15 nitrogen and oxygen atoms in total. The zero-order valence-electron chi connectivity index (χ0n) is 22.1. The highest BCUT2D eigenvalue weighted by molar-refractivity contribution is 5.88. The fraction of sp³-hybridized carbons (Fsp3) is 0.444. The lowest BCUT2D eigenvalue weighted by Gasteiger charge is -2.39. The molecule has 0 bridgehead atoms. The van der Waals surface area contributed by atoms with Gasteiger partial charge in [-0.25, -0.2) is 0 Å². The molecule has 2 aliphatic rings. The number of aliphatic hydroxyl groups is 6. The first kappa shape index (κ1) is 29.8. The van der Waals surface area contributed by atoms with Gasteiger partial charge in [-0.1, -0.05) is 0 Å². The van der Waals surface area contributed by atoms with Crippen LogP contribution in [-0.4, -0.2) is 107 Å². The van der Waals surface area contributed by atoms with Crippen LogP contribution in [-0.2, 0) is 9.47 Å². The minimum absolute atomic E-state index is 0.000938. The van der Waals surface area contributed by atoms with Crippen molar-refractivity contribution >= 4 is 11.0 Å². The molecular formula is C27H30O15. The van der Waals surface area contributed by atoms with Gasteiger partial charge in [0.25, 0.3) is 0 Å². The van der Waals surface area contributed by atoms with Crippen molar-refractivity contribution in [1.29, 1.82) is 0 Å². The molecular weight excluding hydrogens is 564 g/mol. The summed E-state index contributed by atoms with van der Waals surface area (Å²) in [5.41, 5.74) is -1.26. The number of aliphatic hydroxyl groups excluding tert-OH is 6. The van der Waals surface area contributed by atoms with Gasteiger partial charge in [-0.05, 0) is 32.0 Å². The van der Waals surface area contributed by atoms with Crippen LogP contribution in [0.4, 0.5) is 0 Å². The Labute approximate surface area is 236 Å². The van der Waals surface area contributed by atoms with Crippen LogP contribution in [0.1, 0.15) is 13.8 Å². The molecule has 0 spiro atoms. The SMILES string of the molecule is C[C@@H]1O[C@@H](Oc2c(-c3ccc(O)c(O)c3)oc3cc(O[C@@H]4O[C@@H](C)[C@H](O)[C@H](O)[C@H]4O)cc(O)c3c2=O)[C@@H](O)[C@H](O)[C@H]1O. The second kappa shape index (κ2) is 11.2. The lowest BCUT2D eigenvalue weighted by molar-refractivity contribution is -0.268. The fourth-order valence-electron chi connectivity index (χ4n) is 4.76. The number of rotatable bonds is 5. The van der Waals surface area contributed by atoms with Gasteiger partial charge in [-0.3, -0.25) is 4.79 Å². The molecule has 9 N–H and O–H groups in total. The number of phenolic OH excluding ortho intramolecular Hbond substituents is 3. The molecule has 2 aromatic carbocycles. The smallest absolute Gasteiger partial charge is 0.239 e. The van der Waals surface area contributed by atoms with Gasteiger partial charge < -0.3 is 69.3 Å². The van der Waals surface area contributed by atoms with Crippen LogP contribution >= 0.6 is 0 Å². The second-order valence-corrected chi connectivity index (χ2v) is 10.2. The van der Waals surface area contributed by atoms with Crippen LogP contribution in [0.25, 0.3) is 22.3 Å². The Morgan fingerprint density at radius 3 is 1.81 bits per heavy atom. The first-order valence-corrected chi connectivity index (χ1v) is 12.9. The summed E-state index contributed by atoms with van der Waals surface area (Å²) in [7, 11) is 0. The van der Waals surface area contributed by atoms with Crippen molar-refractivity contribution in [2.24, 2.45) is 0 Å². The average molecular weight is 595 g/mol. The molecule has 5 rings (SSSR count). The summed E-state index contributed by atoms with van der Waals surface area (Å²) >= 11 is 0. The van der Waals surface area contributed by atoms with Gasteiger partial charge in [0.05, 0.1) is 12.2 Å². The zero-order valence-corrected chi connectivity index (χ0v) is 22.1. The molecule has 0 radical (unpaired) electrons. The fourth-order valence-corrected chi connectivity index (χ4v) is 4.76. The maximum atomic E-state index is 13.7. The Balaban J connectivity index is 1.61.